The molecule has 2 atom stereocenters. The van der Waals surface area contributed by atoms with Crippen LogP contribution in [0.15, 0.2) is 97.1 Å². The molecule has 0 aliphatic carbocycles. The highest BCUT2D eigenvalue weighted by Crippen LogP contribution is 2.30. The van der Waals surface area contributed by atoms with Crippen molar-refractivity contribution in [3.63, 3.8) is 0 Å². The number of nitrogens with zero attached hydrogens (tertiary/aromatic N) is 2. The highest BCUT2D eigenvalue weighted by molar-refractivity contribution is 5.91. The number of carbonyl (C=O) groups excluding carboxylic acids is 2. The molecule has 2 saturated heterocycles. The van der Waals surface area contributed by atoms with Gasteiger partial charge in [-0.2, -0.15) is 0 Å². The quantitative estimate of drug-likeness (QED) is 0.117. The van der Waals surface area contributed by atoms with Gasteiger partial charge in [0.2, 0.25) is 0 Å². The Hall–Kier alpha value is -4.88. The van der Waals surface area contributed by atoms with E-state index in [1.807, 2.05) is 0 Å². The van der Waals surface area contributed by atoms with E-state index in [0.29, 0.717) is 59.3 Å². The number of hydroxylamine groups is 4. The van der Waals surface area contributed by atoms with Gasteiger partial charge in [-0.25, -0.2) is 27.2 Å². The molecule has 0 bridgehead atoms. The lowest BCUT2D eigenvalue weighted by Gasteiger charge is -2.17. The fraction of sp³-hybridized carbons (Fsp3) is 0.263. The first kappa shape index (κ1) is 35.0. The van der Waals surface area contributed by atoms with Crippen LogP contribution in [-0.4, -0.2) is 60.5 Å². The third kappa shape index (κ3) is 9.01. The minimum Gasteiger partial charge on any atom is -0.372 e. The third-order valence-corrected chi connectivity index (χ3v) is 8.42. The van der Waals surface area contributed by atoms with Crippen LogP contribution in [0.1, 0.15) is 24.0 Å². The van der Waals surface area contributed by atoms with Crippen LogP contribution >= 0.6 is 0 Å². The Morgan fingerprint density at radius 2 is 1.02 bits per heavy atom. The Balaban J connectivity index is 0.927. The largest absolute Gasteiger partial charge is 0.372 e. The van der Waals surface area contributed by atoms with Gasteiger partial charge in [-0.15, -0.1) is 10.1 Å². The molecule has 0 unspecified atom stereocenters. The molecule has 0 radical (unpaired) electrons. The molecule has 0 saturated carbocycles. The van der Waals surface area contributed by atoms with Crippen molar-refractivity contribution >= 4 is 11.9 Å². The van der Waals surface area contributed by atoms with E-state index in [-0.39, 0.29) is 38.5 Å². The maximum absolute atomic E-state index is 14.4. The number of hydrogen-bond donors (Lipinski definition) is 0. The van der Waals surface area contributed by atoms with Crippen molar-refractivity contribution in [2.45, 2.75) is 38.3 Å². The molecular weight excluding hydrogens is 656 g/mol. The van der Waals surface area contributed by atoms with Crippen molar-refractivity contribution in [2.24, 2.45) is 0 Å². The van der Waals surface area contributed by atoms with Gasteiger partial charge < -0.3 is 19.1 Å². The topological polar surface area (TPSA) is 77.5 Å². The van der Waals surface area contributed by atoms with Crippen molar-refractivity contribution in [2.75, 3.05) is 26.2 Å². The van der Waals surface area contributed by atoms with Crippen molar-refractivity contribution in [3.8, 4) is 22.3 Å². The van der Waals surface area contributed by atoms with Gasteiger partial charge in [0.15, 0.2) is 0 Å². The molecule has 50 heavy (non-hydrogen) atoms. The molecule has 12 heteroatoms. The molecule has 2 fully saturated rings. The molecule has 4 aromatic carbocycles. The molecule has 0 spiro atoms. The van der Waals surface area contributed by atoms with E-state index in [2.05, 4.69) is 0 Å². The first-order valence-electron chi connectivity index (χ1n) is 16.1. The minimum absolute atomic E-state index is 0.0293. The van der Waals surface area contributed by atoms with Crippen molar-refractivity contribution < 1.29 is 46.3 Å². The van der Waals surface area contributed by atoms with E-state index in [4.69, 9.17) is 19.1 Å². The van der Waals surface area contributed by atoms with E-state index in [1.54, 1.807) is 36.4 Å². The van der Waals surface area contributed by atoms with Gasteiger partial charge in [0.1, 0.15) is 23.3 Å². The summed E-state index contributed by atoms with van der Waals surface area (Å²) in [5, 5.41) is 2.81. The van der Waals surface area contributed by atoms with E-state index in [0.717, 1.165) is 12.2 Å². The fourth-order valence-corrected chi connectivity index (χ4v) is 5.95. The number of carbonyl (C=O) groups is 2. The molecule has 2 aliphatic rings. The molecule has 0 amide bonds. The number of hydrogen-bond acceptors (Lipinski definition) is 8. The monoisotopic (exact) mass is 690 g/mol. The Morgan fingerprint density at radius 3 is 1.44 bits per heavy atom. The zero-order chi connectivity index (χ0) is 35.0. The Morgan fingerprint density at radius 1 is 0.600 bits per heavy atom. The summed E-state index contributed by atoms with van der Waals surface area (Å²) in [6, 6.07) is 20.7. The summed E-state index contributed by atoms with van der Waals surface area (Å²) in [6.45, 7) is 1.32. The summed E-state index contributed by atoms with van der Waals surface area (Å²) in [5.41, 5.74) is 2.71. The van der Waals surface area contributed by atoms with Crippen molar-refractivity contribution in [1.29, 1.82) is 0 Å². The standard InChI is InChI=1S/C38H34F4N2O6/c39-27-9-11-31(33-5-1-3-7-35(33)41)25(19-27)23-47-29-15-17-43(21-29)49-37(45)13-14-38(46)50-44-18-16-30(22-44)48-24-26-20-28(40)10-12-32(26)34-6-2-4-8-36(34)42/h1-14,19-20,29-30H,15-18,21-24H2/b14-13+/t29-,30-/m0/s1. The zero-order valence-corrected chi connectivity index (χ0v) is 26.9. The summed E-state index contributed by atoms with van der Waals surface area (Å²) < 4.78 is 68.8. The van der Waals surface area contributed by atoms with Gasteiger partial charge in [-0.05, 0) is 71.5 Å². The molecule has 0 N–H and O–H groups in total. The smallest absolute Gasteiger partial charge is 0.349 e. The van der Waals surface area contributed by atoms with Crippen LogP contribution in [0.4, 0.5) is 17.6 Å². The average Bonchev–Trinajstić information content (AvgIpc) is 3.75. The SMILES string of the molecule is O=C(/C=C/C(=O)ON1CC[C@H](OCc2cc(F)ccc2-c2ccccc2F)C1)ON1CC[C@H](OCc2cc(F)ccc2-c2ccccc2F)C1. The lowest BCUT2D eigenvalue weighted by molar-refractivity contribution is -0.183. The molecule has 2 heterocycles. The number of ether oxygens (including phenoxy) is 2. The Labute approximate surface area is 286 Å². The normalized spacial score (nSPS) is 18.2. The average molecular weight is 691 g/mol. The number of rotatable bonds is 12. The zero-order valence-electron chi connectivity index (χ0n) is 26.9. The fourth-order valence-electron chi connectivity index (χ4n) is 5.95. The van der Waals surface area contributed by atoms with Gasteiger partial charge >= 0.3 is 11.9 Å². The number of benzene rings is 4. The molecule has 0 aromatic heterocycles. The summed E-state index contributed by atoms with van der Waals surface area (Å²) in [7, 11) is 0. The van der Waals surface area contributed by atoms with Gasteiger partial charge in [0.25, 0.3) is 0 Å². The highest BCUT2D eigenvalue weighted by atomic mass is 19.1. The highest BCUT2D eigenvalue weighted by Gasteiger charge is 2.28. The van der Waals surface area contributed by atoms with Crippen LogP contribution in [0.25, 0.3) is 22.3 Å². The first-order valence-corrected chi connectivity index (χ1v) is 16.1. The van der Waals surface area contributed by atoms with Crippen LogP contribution in [0.2, 0.25) is 0 Å². The summed E-state index contributed by atoms with van der Waals surface area (Å²) in [6.07, 6.45) is 2.33. The molecule has 8 nitrogen and oxygen atoms in total. The lowest BCUT2D eigenvalue weighted by atomic mass is 9.99. The van der Waals surface area contributed by atoms with Crippen LogP contribution in [0, 0.1) is 23.3 Å². The second-order valence-electron chi connectivity index (χ2n) is 11.9. The van der Waals surface area contributed by atoms with Gasteiger partial charge in [0.05, 0.1) is 38.5 Å². The van der Waals surface area contributed by atoms with Crippen LogP contribution in [0.5, 0.6) is 0 Å². The van der Waals surface area contributed by atoms with E-state index in [1.165, 1.54) is 58.7 Å². The Kier molecular flexibility index (Phi) is 11.3. The summed E-state index contributed by atoms with van der Waals surface area (Å²) >= 11 is 0. The Bertz CT molecular complexity index is 1740. The number of halogens is 4. The first-order chi connectivity index (χ1) is 24.2. The maximum atomic E-state index is 14.4. The molecule has 260 valence electrons. The predicted octanol–water partition coefficient (Wildman–Crippen LogP) is 6.93. The van der Waals surface area contributed by atoms with E-state index < -0.39 is 35.2 Å². The van der Waals surface area contributed by atoms with E-state index in [9.17, 15) is 27.2 Å². The lowest BCUT2D eigenvalue weighted by Crippen LogP contribution is -2.27. The van der Waals surface area contributed by atoms with Crippen LogP contribution in [0.3, 0.4) is 0 Å². The molecule has 6 rings (SSSR count). The predicted molar refractivity (Wildman–Crippen MR) is 174 cm³/mol. The van der Waals surface area contributed by atoms with Gasteiger partial charge in [-0.1, -0.05) is 48.5 Å². The summed E-state index contributed by atoms with van der Waals surface area (Å²) in [5.74, 6) is -3.34. The van der Waals surface area contributed by atoms with Crippen molar-refractivity contribution in [1.82, 2.24) is 10.1 Å². The second kappa shape index (κ2) is 16.2. The summed E-state index contributed by atoms with van der Waals surface area (Å²) in [4.78, 5) is 35.4. The second-order valence-corrected chi connectivity index (χ2v) is 11.9. The minimum atomic E-state index is -0.780. The van der Waals surface area contributed by atoms with E-state index >= 15 is 0 Å². The van der Waals surface area contributed by atoms with Crippen LogP contribution in [-0.2, 0) is 42.0 Å². The van der Waals surface area contributed by atoms with Gasteiger partial charge in [0, 0.05) is 36.4 Å². The molecular formula is C38H34F4N2O6. The van der Waals surface area contributed by atoms with Crippen LogP contribution < -0.4 is 0 Å². The third-order valence-electron chi connectivity index (χ3n) is 8.42. The van der Waals surface area contributed by atoms with Crippen molar-refractivity contribution in [3.05, 3.63) is 131 Å². The maximum Gasteiger partial charge on any atom is 0.349 e. The molecule has 2 aliphatic heterocycles. The van der Waals surface area contributed by atoms with Gasteiger partial charge in [-0.3, -0.25) is 0 Å². The molecule has 4 aromatic rings.